The SMILES string of the molecule is CN=C(NCCCn1ccc2ccccc21)NCc1cccc(COC)c1. The number of aliphatic imine (C=N–C) groups is 1. The third-order valence-electron chi connectivity index (χ3n) is 4.53. The van der Waals surface area contributed by atoms with E-state index in [0.29, 0.717) is 6.61 Å². The minimum atomic E-state index is 0.634. The first-order valence-corrected chi connectivity index (χ1v) is 9.35. The lowest BCUT2D eigenvalue weighted by molar-refractivity contribution is 0.185. The average Bonchev–Trinajstić information content (AvgIpc) is 3.11. The van der Waals surface area contributed by atoms with E-state index in [4.69, 9.17) is 4.74 Å². The number of hydrogen-bond acceptors (Lipinski definition) is 2. The third kappa shape index (κ3) is 5.34. The Labute approximate surface area is 161 Å². The Hall–Kier alpha value is -2.79. The number of ether oxygens (including phenoxy) is 1. The zero-order chi connectivity index (χ0) is 18.9. The first-order chi connectivity index (χ1) is 13.3. The maximum absolute atomic E-state index is 5.19. The van der Waals surface area contributed by atoms with Crippen LogP contribution in [-0.2, 0) is 24.4 Å². The quantitative estimate of drug-likeness (QED) is 0.365. The normalized spacial score (nSPS) is 11.7. The molecule has 0 saturated carbocycles. The van der Waals surface area contributed by atoms with Gasteiger partial charge in [0.2, 0.25) is 0 Å². The molecule has 0 unspecified atom stereocenters. The number of aryl methyl sites for hydroxylation is 1. The molecule has 0 fully saturated rings. The standard InChI is InChI=1S/C22H28N4O/c1-23-22(25-16-18-7-5-8-19(15-18)17-27-2)24-12-6-13-26-14-11-20-9-3-4-10-21(20)26/h3-5,7-11,14-15H,6,12-13,16-17H2,1-2H3,(H2,23,24,25). The van der Waals surface area contributed by atoms with Gasteiger partial charge < -0.3 is 19.9 Å². The molecule has 5 heteroatoms. The first kappa shape index (κ1) is 19.0. The van der Waals surface area contributed by atoms with Crippen molar-refractivity contribution in [2.45, 2.75) is 26.1 Å². The first-order valence-electron chi connectivity index (χ1n) is 9.35. The van der Waals surface area contributed by atoms with Gasteiger partial charge in [0, 0.05) is 45.5 Å². The van der Waals surface area contributed by atoms with E-state index >= 15 is 0 Å². The Morgan fingerprint density at radius 3 is 2.74 bits per heavy atom. The average molecular weight is 364 g/mol. The van der Waals surface area contributed by atoms with Gasteiger partial charge in [-0.05, 0) is 35.1 Å². The lowest BCUT2D eigenvalue weighted by Crippen LogP contribution is -2.37. The molecule has 1 heterocycles. The minimum absolute atomic E-state index is 0.634. The van der Waals surface area contributed by atoms with E-state index in [9.17, 15) is 0 Å². The molecule has 5 nitrogen and oxygen atoms in total. The predicted octanol–water partition coefficient (Wildman–Crippen LogP) is 3.54. The van der Waals surface area contributed by atoms with Crippen LogP contribution in [0.15, 0.2) is 65.8 Å². The van der Waals surface area contributed by atoms with Crippen molar-refractivity contribution >= 4 is 16.9 Å². The van der Waals surface area contributed by atoms with Gasteiger partial charge in [0.15, 0.2) is 5.96 Å². The highest BCUT2D eigenvalue weighted by molar-refractivity contribution is 5.80. The topological polar surface area (TPSA) is 50.6 Å². The summed E-state index contributed by atoms with van der Waals surface area (Å²) < 4.78 is 7.49. The van der Waals surface area contributed by atoms with Gasteiger partial charge in [0.25, 0.3) is 0 Å². The molecule has 27 heavy (non-hydrogen) atoms. The molecule has 1 aromatic heterocycles. The van der Waals surface area contributed by atoms with Crippen LogP contribution in [0.1, 0.15) is 17.5 Å². The number of aromatic nitrogens is 1. The van der Waals surface area contributed by atoms with Crippen molar-refractivity contribution < 1.29 is 4.74 Å². The summed E-state index contributed by atoms with van der Waals surface area (Å²) >= 11 is 0. The monoisotopic (exact) mass is 364 g/mol. The smallest absolute Gasteiger partial charge is 0.191 e. The number of nitrogens with one attached hydrogen (secondary N) is 2. The predicted molar refractivity (Wildman–Crippen MR) is 112 cm³/mol. The van der Waals surface area contributed by atoms with Crippen LogP contribution < -0.4 is 10.6 Å². The van der Waals surface area contributed by atoms with Gasteiger partial charge >= 0.3 is 0 Å². The summed E-state index contributed by atoms with van der Waals surface area (Å²) in [5.74, 6) is 0.824. The number of nitrogens with zero attached hydrogens (tertiary/aromatic N) is 2. The summed E-state index contributed by atoms with van der Waals surface area (Å²) in [5.41, 5.74) is 3.68. The summed E-state index contributed by atoms with van der Waals surface area (Å²) in [4.78, 5) is 4.31. The molecule has 0 aliphatic rings. The van der Waals surface area contributed by atoms with Gasteiger partial charge in [-0.1, -0.05) is 42.5 Å². The third-order valence-corrected chi connectivity index (χ3v) is 4.53. The fourth-order valence-corrected chi connectivity index (χ4v) is 3.19. The zero-order valence-electron chi connectivity index (χ0n) is 16.1. The van der Waals surface area contributed by atoms with E-state index in [0.717, 1.165) is 32.0 Å². The van der Waals surface area contributed by atoms with Gasteiger partial charge in [0.1, 0.15) is 0 Å². The molecule has 0 spiro atoms. The molecule has 0 aliphatic carbocycles. The number of methoxy groups -OCH3 is 1. The summed E-state index contributed by atoms with van der Waals surface area (Å²) in [6.07, 6.45) is 3.19. The molecule has 0 radical (unpaired) electrons. The fourth-order valence-electron chi connectivity index (χ4n) is 3.19. The lowest BCUT2D eigenvalue weighted by Gasteiger charge is -2.13. The molecule has 2 N–H and O–H groups in total. The maximum Gasteiger partial charge on any atom is 0.191 e. The summed E-state index contributed by atoms with van der Waals surface area (Å²) in [5, 5.41) is 8.05. The van der Waals surface area contributed by atoms with Crippen LogP contribution in [0.2, 0.25) is 0 Å². The van der Waals surface area contributed by atoms with Gasteiger partial charge in [-0.15, -0.1) is 0 Å². The van der Waals surface area contributed by atoms with Gasteiger partial charge in [-0.2, -0.15) is 0 Å². The Bertz CT molecular complexity index is 885. The van der Waals surface area contributed by atoms with E-state index < -0.39 is 0 Å². The molecule has 0 saturated heterocycles. The van der Waals surface area contributed by atoms with Crippen LogP contribution >= 0.6 is 0 Å². The molecule has 3 rings (SSSR count). The highest BCUT2D eigenvalue weighted by Gasteiger charge is 2.02. The molecule has 0 amide bonds. The number of guanidine groups is 1. The van der Waals surface area contributed by atoms with Crippen molar-refractivity contribution in [1.82, 2.24) is 15.2 Å². The molecule has 0 atom stereocenters. The molecule has 3 aromatic rings. The van der Waals surface area contributed by atoms with Crippen molar-refractivity contribution in [3.05, 3.63) is 71.9 Å². The van der Waals surface area contributed by atoms with Crippen molar-refractivity contribution in [2.75, 3.05) is 20.7 Å². The Balaban J connectivity index is 1.43. The second kappa shape index (κ2) is 9.78. The highest BCUT2D eigenvalue weighted by atomic mass is 16.5. The van der Waals surface area contributed by atoms with Crippen molar-refractivity contribution in [3.8, 4) is 0 Å². The van der Waals surface area contributed by atoms with Crippen LogP contribution in [0.25, 0.3) is 10.9 Å². The Morgan fingerprint density at radius 2 is 1.89 bits per heavy atom. The number of rotatable bonds is 8. The van der Waals surface area contributed by atoms with E-state index in [1.165, 1.54) is 22.0 Å². The second-order valence-electron chi connectivity index (χ2n) is 6.53. The van der Waals surface area contributed by atoms with Crippen LogP contribution in [-0.4, -0.2) is 31.2 Å². The number of para-hydroxylation sites is 1. The highest BCUT2D eigenvalue weighted by Crippen LogP contribution is 2.15. The van der Waals surface area contributed by atoms with Crippen LogP contribution in [0.3, 0.4) is 0 Å². The second-order valence-corrected chi connectivity index (χ2v) is 6.53. The maximum atomic E-state index is 5.19. The van der Waals surface area contributed by atoms with E-state index in [-0.39, 0.29) is 0 Å². The largest absolute Gasteiger partial charge is 0.380 e. The van der Waals surface area contributed by atoms with E-state index in [2.05, 4.69) is 81.0 Å². The van der Waals surface area contributed by atoms with E-state index in [1.807, 2.05) is 0 Å². The molecular formula is C22H28N4O. The molecule has 142 valence electrons. The van der Waals surface area contributed by atoms with Crippen molar-refractivity contribution in [2.24, 2.45) is 4.99 Å². The Morgan fingerprint density at radius 1 is 1.04 bits per heavy atom. The van der Waals surface area contributed by atoms with Crippen molar-refractivity contribution in [1.29, 1.82) is 0 Å². The number of hydrogen-bond donors (Lipinski definition) is 2. The number of benzene rings is 2. The van der Waals surface area contributed by atoms with Gasteiger partial charge in [-0.3, -0.25) is 4.99 Å². The molecule has 0 bridgehead atoms. The van der Waals surface area contributed by atoms with Gasteiger partial charge in [0.05, 0.1) is 6.61 Å². The summed E-state index contributed by atoms with van der Waals surface area (Å²) in [7, 11) is 3.52. The van der Waals surface area contributed by atoms with Crippen LogP contribution in [0.5, 0.6) is 0 Å². The summed E-state index contributed by atoms with van der Waals surface area (Å²) in [6, 6.07) is 19.0. The minimum Gasteiger partial charge on any atom is -0.380 e. The molecule has 2 aromatic carbocycles. The molecular weight excluding hydrogens is 336 g/mol. The van der Waals surface area contributed by atoms with Gasteiger partial charge in [-0.25, -0.2) is 0 Å². The number of fused-ring (bicyclic) bond motifs is 1. The van der Waals surface area contributed by atoms with Crippen LogP contribution in [0.4, 0.5) is 0 Å². The van der Waals surface area contributed by atoms with E-state index in [1.54, 1.807) is 14.2 Å². The van der Waals surface area contributed by atoms with Crippen LogP contribution in [0, 0.1) is 0 Å². The molecule has 0 aliphatic heterocycles. The zero-order valence-corrected chi connectivity index (χ0v) is 16.1. The van der Waals surface area contributed by atoms with Crippen molar-refractivity contribution in [3.63, 3.8) is 0 Å². The Kier molecular flexibility index (Phi) is 6.88. The summed E-state index contributed by atoms with van der Waals surface area (Å²) in [6.45, 7) is 3.22. The lowest BCUT2D eigenvalue weighted by atomic mass is 10.1. The fraction of sp³-hybridized carbons (Fsp3) is 0.318.